The molecule has 0 aliphatic heterocycles. The van der Waals surface area contributed by atoms with Crippen LogP contribution in [-0.4, -0.2) is 28.2 Å². The van der Waals surface area contributed by atoms with Crippen molar-refractivity contribution in [3.63, 3.8) is 0 Å². The number of fused-ring (bicyclic) bond motifs is 2. The number of pyridine rings is 1. The zero-order valence-corrected chi connectivity index (χ0v) is 20.0. The quantitative estimate of drug-likeness (QED) is 0.252. The molecule has 0 atom stereocenters. The number of hydrogen-bond donors (Lipinski definition) is 1. The molecule has 0 bridgehead atoms. The smallest absolute Gasteiger partial charge is 0.250 e. The van der Waals surface area contributed by atoms with Crippen molar-refractivity contribution >= 4 is 34.0 Å². The van der Waals surface area contributed by atoms with Gasteiger partial charge >= 0.3 is 0 Å². The van der Waals surface area contributed by atoms with Gasteiger partial charge in [0.15, 0.2) is 0 Å². The monoisotopic (exact) mass is 480 g/mol. The molecule has 1 aliphatic carbocycles. The highest BCUT2D eigenvalue weighted by Gasteiger charge is 2.26. The highest BCUT2D eigenvalue weighted by molar-refractivity contribution is 6.08. The fourth-order valence-electron chi connectivity index (χ4n) is 4.42. The summed E-state index contributed by atoms with van der Waals surface area (Å²) in [7, 11) is 1.29. The van der Waals surface area contributed by atoms with E-state index in [2.05, 4.69) is 4.98 Å². The van der Waals surface area contributed by atoms with E-state index in [9.17, 15) is 14.4 Å². The third-order valence-corrected chi connectivity index (χ3v) is 6.38. The van der Waals surface area contributed by atoms with Crippen LogP contribution < -0.4 is 4.74 Å². The van der Waals surface area contributed by atoms with Gasteiger partial charge in [-0.1, -0.05) is 42.5 Å². The van der Waals surface area contributed by atoms with Crippen LogP contribution in [0.15, 0.2) is 84.4 Å². The second-order valence-corrected chi connectivity index (χ2v) is 8.80. The number of carbonyl (C=O) groups excluding carboxylic acids is 1. The van der Waals surface area contributed by atoms with Gasteiger partial charge in [-0.25, -0.2) is 14.4 Å². The number of rotatable bonds is 6. The van der Waals surface area contributed by atoms with Crippen molar-refractivity contribution in [1.82, 2.24) is 10.0 Å². The molecule has 5 rings (SSSR count). The largest absolute Gasteiger partial charge is 0.487 e. The molecule has 6 heteroatoms. The molecule has 5 nitrogen and oxygen atoms in total. The average Bonchev–Trinajstić information content (AvgIpc) is 3.13. The molecule has 1 N–H and O–H groups in total. The zero-order valence-electron chi connectivity index (χ0n) is 20.0. The van der Waals surface area contributed by atoms with Gasteiger partial charge < -0.3 is 4.74 Å². The van der Waals surface area contributed by atoms with Crippen LogP contribution in [0.4, 0.5) is 4.39 Å². The van der Waals surface area contributed by atoms with Gasteiger partial charge in [0.1, 0.15) is 18.2 Å². The first-order chi connectivity index (χ1) is 17.4. The molecule has 0 spiro atoms. The number of halogens is 1. The fraction of sp³-hybridized carbons (Fsp3) is 0.133. The molecule has 36 heavy (non-hydrogen) atoms. The molecule has 0 unspecified atom stereocenters. The molecular weight excluding hydrogens is 455 g/mol. The van der Waals surface area contributed by atoms with Crippen LogP contribution in [0.2, 0.25) is 0 Å². The maximum absolute atomic E-state index is 14.0. The van der Waals surface area contributed by atoms with Crippen LogP contribution in [0.3, 0.4) is 0 Å². The second-order valence-electron chi connectivity index (χ2n) is 8.80. The third kappa shape index (κ3) is 4.76. The number of benzene rings is 3. The Balaban J connectivity index is 1.36. The van der Waals surface area contributed by atoms with Crippen molar-refractivity contribution in [3.8, 4) is 5.75 Å². The van der Waals surface area contributed by atoms with Gasteiger partial charge in [-0.2, -0.15) is 0 Å². The van der Waals surface area contributed by atoms with Crippen LogP contribution >= 0.6 is 0 Å². The molecule has 1 aromatic heterocycles. The molecule has 1 heterocycles. The van der Waals surface area contributed by atoms with E-state index in [0.29, 0.717) is 22.8 Å². The van der Waals surface area contributed by atoms with Crippen molar-refractivity contribution < 1.29 is 19.1 Å². The molecule has 3 aromatic carbocycles. The first-order valence-electron chi connectivity index (χ1n) is 11.6. The van der Waals surface area contributed by atoms with Crippen molar-refractivity contribution in [2.45, 2.75) is 20.0 Å². The normalized spacial score (nSPS) is 13.8. The molecule has 0 saturated carbocycles. The highest BCUT2D eigenvalue weighted by Crippen LogP contribution is 2.44. The summed E-state index contributed by atoms with van der Waals surface area (Å²) in [6.45, 7) is 2.28. The minimum atomic E-state index is -0.455. The number of aromatic nitrogens is 1. The second kappa shape index (κ2) is 9.76. The standard InChI is InChI=1S/C30H25FN2O3/c1-19-26(25-14-10-22(31)16-28(25)27(19)17-30(34)33(2)35)15-20-7-12-24(13-8-20)36-18-23-11-9-21-5-3-4-6-29(21)32-23/h3-16,35H,17-18H2,1-2H3. The molecule has 0 fully saturated rings. The van der Waals surface area contributed by atoms with Crippen LogP contribution in [0.25, 0.3) is 28.1 Å². The fourth-order valence-corrected chi connectivity index (χ4v) is 4.42. The van der Waals surface area contributed by atoms with E-state index >= 15 is 0 Å². The Morgan fingerprint density at radius 1 is 1.03 bits per heavy atom. The third-order valence-electron chi connectivity index (χ3n) is 6.38. The Morgan fingerprint density at radius 2 is 1.81 bits per heavy atom. The number of ether oxygens (including phenoxy) is 1. The van der Waals surface area contributed by atoms with Gasteiger partial charge in [0.25, 0.3) is 0 Å². The van der Waals surface area contributed by atoms with Gasteiger partial charge in [0, 0.05) is 12.4 Å². The average molecular weight is 481 g/mol. The van der Waals surface area contributed by atoms with Crippen molar-refractivity contribution in [2.24, 2.45) is 0 Å². The first kappa shape index (κ1) is 23.5. The molecule has 0 saturated heterocycles. The van der Waals surface area contributed by atoms with E-state index in [4.69, 9.17) is 4.74 Å². The van der Waals surface area contributed by atoms with E-state index < -0.39 is 5.91 Å². The van der Waals surface area contributed by atoms with E-state index in [0.717, 1.165) is 44.6 Å². The number of hydroxylamine groups is 2. The van der Waals surface area contributed by atoms with Gasteiger partial charge in [-0.05, 0) is 82.8 Å². The number of carbonyl (C=O) groups is 1. The van der Waals surface area contributed by atoms with Crippen LogP contribution in [-0.2, 0) is 11.4 Å². The minimum Gasteiger partial charge on any atom is -0.487 e. The van der Waals surface area contributed by atoms with Gasteiger partial charge in [0.2, 0.25) is 5.91 Å². The minimum absolute atomic E-state index is 0.0117. The highest BCUT2D eigenvalue weighted by atomic mass is 19.1. The van der Waals surface area contributed by atoms with E-state index in [-0.39, 0.29) is 12.2 Å². The summed E-state index contributed by atoms with van der Waals surface area (Å²) < 4.78 is 20.0. The summed E-state index contributed by atoms with van der Waals surface area (Å²) in [5, 5.41) is 11.2. The molecule has 0 radical (unpaired) electrons. The molecule has 4 aromatic rings. The predicted octanol–water partition coefficient (Wildman–Crippen LogP) is 6.52. The summed E-state index contributed by atoms with van der Waals surface area (Å²) in [4.78, 5) is 16.8. The summed E-state index contributed by atoms with van der Waals surface area (Å²) in [6.07, 6.45) is 2.00. The van der Waals surface area contributed by atoms with Crippen molar-refractivity contribution in [3.05, 3.63) is 113 Å². The Labute approximate surface area is 208 Å². The van der Waals surface area contributed by atoms with E-state index in [1.165, 1.54) is 19.2 Å². The zero-order chi connectivity index (χ0) is 25.2. The van der Waals surface area contributed by atoms with Crippen LogP contribution in [0, 0.1) is 5.82 Å². The number of para-hydroxylation sites is 1. The molecule has 1 amide bonds. The maximum atomic E-state index is 14.0. The maximum Gasteiger partial charge on any atom is 0.250 e. The topological polar surface area (TPSA) is 62.7 Å². The number of allylic oxidation sites excluding steroid dienone is 2. The van der Waals surface area contributed by atoms with Gasteiger partial charge in [0.05, 0.1) is 17.6 Å². The van der Waals surface area contributed by atoms with Crippen molar-refractivity contribution in [2.75, 3.05) is 7.05 Å². The van der Waals surface area contributed by atoms with Gasteiger partial charge in [-0.15, -0.1) is 0 Å². The van der Waals surface area contributed by atoms with E-state index in [1.807, 2.05) is 73.7 Å². The lowest BCUT2D eigenvalue weighted by Crippen LogP contribution is -2.22. The Hall–Kier alpha value is -4.29. The van der Waals surface area contributed by atoms with E-state index in [1.54, 1.807) is 6.07 Å². The number of hydrogen-bond acceptors (Lipinski definition) is 4. The Kier molecular flexibility index (Phi) is 6.36. The Morgan fingerprint density at radius 3 is 2.58 bits per heavy atom. The Bertz CT molecular complexity index is 1520. The van der Waals surface area contributed by atoms with Crippen LogP contribution in [0.5, 0.6) is 5.75 Å². The summed E-state index contributed by atoms with van der Waals surface area (Å²) in [5.74, 6) is -0.0961. The van der Waals surface area contributed by atoms with Gasteiger partial charge in [-0.3, -0.25) is 10.0 Å². The number of amides is 1. The lowest BCUT2D eigenvalue weighted by molar-refractivity contribution is -0.157. The summed E-state index contributed by atoms with van der Waals surface area (Å²) >= 11 is 0. The number of nitrogens with zero attached hydrogens (tertiary/aromatic N) is 2. The molecular formula is C30H25FN2O3. The summed E-state index contributed by atoms with van der Waals surface area (Å²) in [6, 6.07) is 24.3. The SMILES string of the molecule is CC1=C(CC(=O)N(C)O)c2cc(F)ccc2C1=Cc1ccc(OCc2ccc3ccccc3n2)cc1. The molecule has 1 aliphatic rings. The molecule has 180 valence electrons. The lowest BCUT2D eigenvalue weighted by atomic mass is 10.0. The van der Waals surface area contributed by atoms with Crippen molar-refractivity contribution in [1.29, 1.82) is 0 Å². The lowest BCUT2D eigenvalue weighted by Gasteiger charge is -2.10. The summed E-state index contributed by atoms with van der Waals surface area (Å²) in [5.41, 5.74) is 6.79. The predicted molar refractivity (Wildman–Crippen MR) is 139 cm³/mol. The van der Waals surface area contributed by atoms with Crippen LogP contribution in [0.1, 0.15) is 35.7 Å². The first-order valence-corrected chi connectivity index (χ1v) is 11.6.